The van der Waals surface area contributed by atoms with Crippen LogP contribution in [0.15, 0.2) is 30.6 Å². The molecule has 0 aliphatic heterocycles. The van der Waals surface area contributed by atoms with Gasteiger partial charge in [0.2, 0.25) is 12.4 Å². The van der Waals surface area contributed by atoms with Crippen LogP contribution < -0.4 is 9.57 Å². The van der Waals surface area contributed by atoms with Gasteiger partial charge in [0.25, 0.3) is 0 Å². The molecule has 0 aromatic carbocycles. The number of hydrogen-bond acceptors (Lipinski definition) is 4. The monoisotopic (exact) mass is 273 g/mol. The molecular weight excluding hydrogens is 263 g/mol. The summed E-state index contributed by atoms with van der Waals surface area (Å²) in [5, 5.41) is 0. The Labute approximate surface area is 96.2 Å². The van der Waals surface area contributed by atoms with Gasteiger partial charge in [-0.15, -0.1) is 0 Å². The quantitative estimate of drug-likeness (QED) is 0.446. The van der Waals surface area contributed by atoms with E-state index in [-0.39, 0.29) is 0 Å². The van der Waals surface area contributed by atoms with Gasteiger partial charge in [-0.1, -0.05) is 6.07 Å². The number of alkyl halides is 3. The van der Waals surface area contributed by atoms with Crippen LogP contribution in [0, 0.1) is 0 Å². The Bertz CT molecular complexity index is 418. The molecule has 1 rings (SSSR count). The summed E-state index contributed by atoms with van der Waals surface area (Å²) in [5.41, 5.74) is -5.65. The Balaban J connectivity index is 0.000000304. The molecule has 1 aromatic heterocycles. The lowest BCUT2D eigenvalue weighted by Gasteiger charge is -2.08. The summed E-state index contributed by atoms with van der Waals surface area (Å²) < 4.78 is 60.6. The van der Waals surface area contributed by atoms with E-state index in [1.165, 1.54) is 0 Å². The maximum absolute atomic E-state index is 10.7. The summed E-state index contributed by atoms with van der Waals surface area (Å²) in [6.45, 7) is 2.66. The van der Waals surface area contributed by atoms with Crippen molar-refractivity contribution in [3.05, 3.63) is 30.6 Å². The highest BCUT2D eigenvalue weighted by Gasteiger charge is 2.36. The Hall–Kier alpha value is -1.35. The molecule has 1 aromatic rings. The molecule has 0 spiro atoms. The van der Waals surface area contributed by atoms with Gasteiger partial charge in [-0.2, -0.15) is 13.2 Å². The maximum Gasteiger partial charge on any atom is 0.485 e. The highest BCUT2D eigenvalue weighted by molar-refractivity contribution is 7.86. The van der Waals surface area contributed by atoms with Crippen molar-refractivity contribution in [1.29, 1.82) is 0 Å². The second-order valence-electron chi connectivity index (χ2n) is 2.55. The topological polar surface area (TPSA) is 70.3 Å². The zero-order valence-electron chi connectivity index (χ0n) is 8.72. The maximum atomic E-state index is 10.7. The van der Waals surface area contributed by atoms with E-state index >= 15 is 0 Å². The van der Waals surface area contributed by atoms with E-state index in [2.05, 4.69) is 0 Å². The molecule has 0 saturated carbocycles. The SMILES string of the molecule is CCO[n+]1ccccc1.O=S(=O)([O-])C(F)(F)F. The van der Waals surface area contributed by atoms with E-state index in [0.29, 0.717) is 6.61 Å². The Kier molecular flexibility index (Phi) is 5.89. The smallest absolute Gasteiger partial charge is 0.485 e. The van der Waals surface area contributed by atoms with Crippen molar-refractivity contribution in [2.75, 3.05) is 6.61 Å². The van der Waals surface area contributed by atoms with Crippen LogP contribution in [-0.4, -0.2) is 25.1 Å². The van der Waals surface area contributed by atoms with Crippen LogP contribution in [0.5, 0.6) is 0 Å². The Morgan fingerprint density at radius 3 is 1.94 bits per heavy atom. The fraction of sp³-hybridized carbons (Fsp3) is 0.375. The van der Waals surface area contributed by atoms with E-state index in [9.17, 15) is 13.2 Å². The molecule has 0 fully saturated rings. The molecular formula is C8H10F3NO4S. The molecule has 0 radical (unpaired) electrons. The van der Waals surface area contributed by atoms with Gasteiger partial charge in [-0.25, -0.2) is 8.42 Å². The third kappa shape index (κ3) is 6.74. The lowest BCUT2D eigenvalue weighted by molar-refractivity contribution is -0.890. The zero-order chi connectivity index (χ0) is 13.5. The summed E-state index contributed by atoms with van der Waals surface area (Å²) in [7, 11) is -6.09. The van der Waals surface area contributed by atoms with Gasteiger partial charge in [0.1, 0.15) is 0 Å². The number of halogens is 3. The van der Waals surface area contributed by atoms with Crippen LogP contribution in [-0.2, 0) is 10.1 Å². The molecule has 0 aliphatic carbocycles. The van der Waals surface area contributed by atoms with Crippen molar-refractivity contribution in [3.63, 3.8) is 0 Å². The first-order valence-corrected chi connectivity index (χ1v) is 5.71. The second-order valence-corrected chi connectivity index (χ2v) is 3.92. The minimum atomic E-state index is -6.09. The third-order valence-corrected chi connectivity index (χ3v) is 1.82. The number of rotatable bonds is 2. The fourth-order valence-electron chi connectivity index (χ4n) is 0.618. The molecule has 0 amide bonds. The zero-order valence-corrected chi connectivity index (χ0v) is 9.53. The average Bonchev–Trinajstić information content (AvgIpc) is 2.17. The van der Waals surface area contributed by atoms with Gasteiger partial charge in [-0.3, -0.25) is 4.84 Å². The Morgan fingerprint density at radius 1 is 1.24 bits per heavy atom. The van der Waals surface area contributed by atoms with Gasteiger partial charge in [-0.05, 0) is 6.92 Å². The van der Waals surface area contributed by atoms with E-state index in [4.69, 9.17) is 17.8 Å². The number of pyridine rings is 1. The third-order valence-electron chi connectivity index (χ3n) is 1.25. The summed E-state index contributed by atoms with van der Waals surface area (Å²) in [4.78, 5) is 5.12. The van der Waals surface area contributed by atoms with E-state index in [0.717, 1.165) is 0 Å². The van der Waals surface area contributed by atoms with Crippen LogP contribution in [0.1, 0.15) is 6.92 Å². The molecule has 1 heterocycles. The van der Waals surface area contributed by atoms with Crippen LogP contribution in [0.4, 0.5) is 13.2 Å². The van der Waals surface area contributed by atoms with Crippen molar-refractivity contribution in [2.45, 2.75) is 12.4 Å². The average molecular weight is 273 g/mol. The standard InChI is InChI=1S/C7H10NO.CHF3O3S/c1-2-9-8-6-4-3-5-7-8;2-1(3,4)8(5,6)7/h3-7H,2H2,1H3;(H,5,6,7)/q+1;/p-1. The summed E-state index contributed by atoms with van der Waals surface area (Å²) >= 11 is 0. The first-order chi connectivity index (χ1) is 7.68. The Morgan fingerprint density at radius 2 is 1.65 bits per heavy atom. The minimum absolute atomic E-state index is 0.703. The molecule has 0 aliphatic rings. The first kappa shape index (κ1) is 15.7. The molecule has 9 heteroatoms. The predicted octanol–water partition coefficient (Wildman–Crippen LogP) is 0.474. The number of hydrogen-bond donors (Lipinski definition) is 0. The van der Waals surface area contributed by atoms with Crippen LogP contribution in [0.2, 0.25) is 0 Å². The normalized spacial score (nSPS) is 11.4. The van der Waals surface area contributed by atoms with Crippen molar-refractivity contribution in [2.24, 2.45) is 0 Å². The first-order valence-electron chi connectivity index (χ1n) is 4.30. The van der Waals surface area contributed by atoms with Gasteiger partial charge >= 0.3 is 5.51 Å². The van der Waals surface area contributed by atoms with Crippen molar-refractivity contribution >= 4 is 10.1 Å². The molecule has 0 unspecified atom stereocenters. The lowest BCUT2D eigenvalue weighted by Crippen LogP contribution is -2.41. The minimum Gasteiger partial charge on any atom is -0.741 e. The fourth-order valence-corrected chi connectivity index (χ4v) is 0.618. The lowest BCUT2D eigenvalue weighted by atomic mass is 10.5. The number of aromatic nitrogens is 1. The molecule has 17 heavy (non-hydrogen) atoms. The van der Waals surface area contributed by atoms with Gasteiger partial charge in [0, 0.05) is 16.9 Å². The number of nitrogens with zero attached hydrogens (tertiary/aromatic N) is 1. The van der Waals surface area contributed by atoms with E-state index in [1.807, 2.05) is 37.5 Å². The van der Waals surface area contributed by atoms with Gasteiger partial charge in [0.15, 0.2) is 16.7 Å². The second kappa shape index (κ2) is 6.40. The molecule has 0 atom stereocenters. The van der Waals surface area contributed by atoms with Crippen molar-refractivity contribution in [1.82, 2.24) is 0 Å². The highest BCUT2D eigenvalue weighted by atomic mass is 32.2. The van der Waals surface area contributed by atoms with Crippen molar-refractivity contribution in [3.8, 4) is 0 Å². The summed E-state index contributed by atoms with van der Waals surface area (Å²) in [5.74, 6) is 0. The molecule has 0 bridgehead atoms. The molecule has 0 N–H and O–H groups in total. The van der Waals surface area contributed by atoms with E-state index in [1.54, 1.807) is 4.73 Å². The van der Waals surface area contributed by atoms with Crippen LogP contribution >= 0.6 is 0 Å². The van der Waals surface area contributed by atoms with Gasteiger partial charge in [0.05, 0.1) is 0 Å². The highest BCUT2D eigenvalue weighted by Crippen LogP contribution is 2.20. The molecule has 5 nitrogen and oxygen atoms in total. The summed E-state index contributed by atoms with van der Waals surface area (Å²) in [6, 6.07) is 5.81. The predicted molar refractivity (Wildman–Crippen MR) is 49.5 cm³/mol. The largest absolute Gasteiger partial charge is 0.741 e. The van der Waals surface area contributed by atoms with E-state index < -0.39 is 15.6 Å². The van der Waals surface area contributed by atoms with Crippen LogP contribution in [0.25, 0.3) is 0 Å². The summed E-state index contributed by atoms with van der Waals surface area (Å²) in [6.07, 6.45) is 3.73. The molecule has 98 valence electrons. The van der Waals surface area contributed by atoms with Crippen molar-refractivity contribution < 1.29 is 35.7 Å². The van der Waals surface area contributed by atoms with Crippen LogP contribution in [0.3, 0.4) is 0 Å². The molecule has 0 saturated heterocycles. The van der Waals surface area contributed by atoms with Gasteiger partial charge < -0.3 is 4.55 Å².